The highest BCUT2D eigenvalue weighted by Gasteiger charge is 2.32. The van der Waals surface area contributed by atoms with Crippen molar-refractivity contribution in [3.8, 4) is 0 Å². The average molecular weight is 536 g/mol. The maximum atomic E-state index is 6.40. The fourth-order valence-electron chi connectivity index (χ4n) is 6.24. The van der Waals surface area contributed by atoms with Crippen LogP contribution in [0.3, 0.4) is 0 Å². The Kier molecular flexibility index (Phi) is 6.71. The van der Waals surface area contributed by atoms with Crippen LogP contribution < -0.4 is 9.47 Å². The van der Waals surface area contributed by atoms with E-state index in [0.29, 0.717) is 5.92 Å². The number of oxazole rings is 1. The molecule has 4 heteroatoms. The van der Waals surface area contributed by atoms with Crippen molar-refractivity contribution in [1.29, 1.82) is 0 Å². The van der Waals surface area contributed by atoms with Gasteiger partial charge >= 0.3 is 5.89 Å². The zero-order valence-electron chi connectivity index (χ0n) is 24.0. The van der Waals surface area contributed by atoms with E-state index in [1.54, 1.807) is 0 Å². The van der Waals surface area contributed by atoms with Crippen molar-refractivity contribution in [2.45, 2.75) is 64.7 Å². The molecule has 1 aliphatic heterocycles. The van der Waals surface area contributed by atoms with E-state index in [1.807, 2.05) is 11.8 Å². The van der Waals surface area contributed by atoms with E-state index in [0.717, 1.165) is 37.5 Å². The molecule has 3 aromatic rings. The number of hydrogen-bond donors (Lipinski definition) is 0. The van der Waals surface area contributed by atoms with E-state index in [9.17, 15) is 0 Å². The molecule has 0 fully saturated rings. The van der Waals surface area contributed by atoms with E-state index in [1.165, 1.54) is 49.1 Å². The molecule has 1 unspecified atom stereocenters. The van der Waals surface area contributed by atoms with Crippen molar-refractivity contribution in [2.24, 2.45) is 12.5 Å². The summed E-state index contributed by atoms with van der Waals surface area (Å²) in [5, 5.41) is 1.33. The van der Waals surface area contributed by atoms with E-state index in [2.05, 4.69) is 124 Å². The summed E-state index contributed by atoms with van der Waals surface area (Å²) in [7, 11) is 2.14. The molecule has 2 aliphatic carbocycles. The van der Waals surface area contributed by atoms with Crippen molar-refractivity contribution in [2.75, 3.05) is 11.4 Å². The second-order valence-corrected chi connectivity index (χ2v) is 13.1. The second-order valence-electron chi connectivity index (χ2n) is 12.1. The second kappa shape index (κ2) is 10.1. The predicted molar refractivity (Wildman–Crippen MR) is 164 cm³/mol. The molecule has 1 atom stereocenters. The number of allylic oxidation sites excluding steroid dienone is 5. The first kappa shape index (κ1) is 26.0. The number of fused-ring (bicyclic) bond motifs is 2. The molecule has 0 saturated heterocycles. The van der Waals surface area contributed by atoms with Gasteiger partial charge in [0, 0.05) is 23.8 Å². The van der Waals surface area contributed by atoms with Crippen LogP contribution in [0, 0.1) is 19.3 Å². The number of hydrogen-bond acceptors (Lipinski definition) is 3. The molecule has 200 valence electrons. The van der Waals surface area contributed by atoms with Crippen LogP contribution in [0.15, 0.2) is 86.2 Å². The van der Waals surface area contributed by atoms with Gasteiger partial charge in [0.05, 0.1) is 16.8 Å². The molecule has 6 rings (SSSR count). The highest BCUT2D eigenvalue weighted by Crippen LogP contribution is 2.48. The van der Waals surface area contributed by atoms with Gasteiger partial charge in [0.25, 0.3) is 0 Å². The third-order valence-electron chi connectivity index (χ3n) is 8.37. The molecule has 2 heterocycles. The van der Waals surface area contributed by atoms with Crippen LogP contribution in [-0.4, -0.2) is 6.54 Å². The van der Waals surface area contributed by atoms with Gasteiger partial charge in [-0.15, -0.1) is 0 Å². The van der Waals surface area contributed by atoms with E-state index >= 15 is 0 Å². The Balaban J connectivity index is 1.31. The summed E-state index contributed by atoms with van der Waals surface area (Å²) in [6, 6.07) is 15.5. The average Bonchev–Trinajstić information content (AvgIpc) is 3.39. The van der Waals surface area contributed by atoms with Crippen molar-refractivity contribution < 1.29 is 8.98 Å². The number of aromatic nitrogens is 1. The van der Waals surface area contributed by atoms with Crippen LogP contribution in [0.25, 0.3) is 12.2 Å². The molecule has 1 aromatic heterocycles. The summed E-state index contributed by atoms with van der Waals surface area (Å²) in [4.78, 5) is 3.83. The fourth-order valence-corrected chi connectivity index (χ4v) is 7.52. The molecule has 2 aromatic carbocycles. The van der Waals surface area contributed by atoms with Gasteiger partial charge in [0.2, 0.25) is 5.69 Å². The summed E-state index contributed by atoms with van der Waals surface area (Å²) in [6.45, 7) is 12.4. The van der Waals surface area contributed by atoms with E-state index in [4.69, 9.17) is 4.42 Å². The molecule has 0 bridgehead atoms. The third kappa shape index (κ3) is 5.07. The van der Waals surface area contributed by atoms with Crippen molar-refractivity contribution >= 4 is 29.6 Å². The summed E-state index contributed by atoms with van der Waals surface area (Å²) >= 11 is 1.91. The van der Waals surface area contributed by atoms with Crippen molar-refractivity contribution in [3.05, 3.63) is 111 Å². The maximum absolute atomic E-state index is 6.40. The Labute approximate surface area is 237 Å². The highest BCUT2D eigenvalue weighted by atomic mass is 32.2. The van der Waals surface area contributed by atoms with Gasteiger partial charge in [-0.1, -0.05) is 68.1 Å². The molecular formula is C35H39N2OS+. The number of anilines is 1. The highest BCUT2D eigenvalue weighted by molar-refractivity contribution is 8.03. The molecule has 0 amide bonds. The van der Waals surface area contributed by atoms with Gasteiger partial charge in [-0.3, -0.25) is 0 Å². The first-order valence-corrected chi connectivity index (χ1v) is 15.0. The van der Waals surface area contributed by atoms with Crippen LogP contribution in [0.1, 0.15) is 73.6 Å². The SMILES string of the molecule is CCN1/C(=C/C2=CC(=C/c3oc4c([n+]3C)CC(c3ccccc3)C=C4)/CC(C)(C)C2)Sc2cc(C)c(C)cc21. The molecule has 0 spiro atoms. The van der Waals surface area contributed by atoms with Crippen LogP contribution in [0.2, 0.25) is 0 Å². The minimum absolute atomic E-state index is 0.191. The number of aryl methyl sites for hydroxylation is 2. The first-order chi connectivity index (χ1) is 18.7. The number of rotatable bonds is 4. The lowest BCUT2D eigenvalue weighted by Crippen LogP contribution is -2.35. The van der Waals surface area contributed by atoms with Gasteiger partial charge in [-0.05, 0) is 91.1 Å². The Morgan fingerprint density at radius 1 is 1.08 bits per heavy atom. The van der Waals surface area contributed by atoms with Crippen LogP contribution >= 0.6 is 11.8 Å². The smallest absolute Gasteiger partial charge is 0.373 e. The quantitative estimate of drug-likeness (QED) is 0.312. The predicted octanol–water partition coefficient (Wildman–Crippen LogP) is 8.68. The topological polar surface area (TPSA) is 20.3 Å². The summed E-state index contributed by atoms with van der Waals surface area (Å²) in [5.74, 6) is 2.30. The monoisotopic (exact) mass is 535 g/mol. The lowest BCUT2D eigenvalue weighted by Gasteiger charge is -2.30. The van der Waals surface area contributed by atoms with Crippen molar-refractivity contribution in [3.63, 3.8) is 0 Å². The van der Waals surface area contributed by atoms with Crippen molar-refractivity contribution in [1.82, 2.24) is 0 Å². The molecule has 39 heavy (non-hydrogen) atoms. The Hall–Kier alpha value is -3.24. The Morgan fingerprint density at radius 3 is 2.62 bits per heavy atom. The zero-order chi connectivity index (χ0) is 27.3. The normalized spacial score (nSPS) is 21.8. The van der Waals surface area contributed by atoms with Gasteiger partial charge in [-0.2, -0.15) is 4.57 Å². The van der Waals surface area contributed by atoms with Crippen LogP contribution in [-0.2, 0) is 13.5 Å². The van der Waals surface area contributed by atoms with Gasteiger partial charge in [-0.25, -0.2) is 0 Å². The number of thioether (sulfide) groups is 1. The maximum Gasteiger partial charge on any atom is 0.373 e. The summed E-state index contributed by atoms with van der Waals surface area (Å²) < 4.78 is 8.65. The van der Waals surface area contributed by atoms with E-state index in [-0.39, 0.29) is 5.41 Å². The Morgan fingerprint density at radius 2 is 1.85 bits per heavy atom. The fraction of sp³-hybridized carbons (Fsp3) is 0.343. The third-order valence-corrected chi connectivity index (χ3v) is 9.47. The molecule has 0 saturated carbocycles. The van der Waals surface area contributed by atoms with Gasteiger partial charge in [0.15, 0.2) is 5.76 Å². The number of nitrogens with zero attached hydrogens (tertiary/aromatic N) is 2. The largest absolute Gasteiger partial charge is 0.398 e. The van der Waals surface area contributed by atoms with Crippen LogP contribution in [0.4, 0.5) is 5.69 Å². The lowest BCUT2D eigenvalue weighted by atomic mass is 9.75. The van der Waals surface area contributed by atoms with Gasteiger partial charge < -0.3 is 9.32 Å². The minimum Gasteiger partial charge on any atom is -0.398 e. The summed E-state index contributed by atoms with van der Waals surface area (Å²) in [5.41, 5.74) is 9.60. The molecule has 3 nitrogen and oxygen atoms in total. The Bertz CT molecular complexity index is 1550. The van der Waals surface area contributed by atoms with Gasteiger partial charge in [0.1, 0.15) is 7.05 Å². The molecule has 0 radical (unpaired) electrons. The number of benzene rings is 2. The summed E-state index contributed by atoms with van der Waals surface area (Å²) in [6.07, 6.45) is 14.6. The van der Waals surface area contributed by atoms with Crippen LogP contribution in [0.5, 0.6) is 0 Å². The molecular weight excluding hydrogens is 496 g/mol. The molecule has 0 N–H and O–H groups in total. The zero-order valence-corrected chi connectivity index (χ0v) is 24.9. The lowest BCUT2D eigenvalue weighted by molar-refractivity contribution is -0.683. The molecule has 3 aliphatic rings. The standard InChI is InChI=1S/C35H39N2OS/c1-7-37-30-15-23(2)24(3)16-32(30)39-34(37)19-26-17-25(21-35(4,5)22-26)18-33-36(6)29-20-28(13-14-31(29)38-33)27-11-9-8-10-12-27/h8-19,28H,7,20-22H2,1-6H3/q+1. The van der Waals surface area contributed by atoms with E-state index < -0.39 is 0 Å². The minimum atomic E-state index is 0.191. The first-order valence-electron chi connectivity index (χ1n) is 14.1.